The largest absolute Gasteiger partial charge is 0.457 e. The van der Waals surface area contributed by atoms with Gasteiger partial charge in [0.25, 0.3) is 0 Å². The Balaban J connectivity index is 1.47. The van der Waals surface area contributed by atoms with Crippen molar-refractivity contribution in [2.24, 2.45) is 7.05 Å². The molecule has 1 N–H and O–H groups in total. The molecule has 7 nitrogen and oxygen atoms in total. The number of rotatable bonds is 7. The van der Waals surface area contributed by atoms with E-state index in [9.17, 15) is 4.79 Å². The first kappa shape index (κ1) is 17.9. The van der Waals surface area contributed by atoms with Crippen molar-refractivity contribution in [3.05, 3.63) is 54.1 Å². The Hall–Kier alpha value is -2.87. The number of aromatic nitrogens is 4. The van der Waals surface area contributed by atoms with Gasteiger partial charge < -0.3 is 10.1 Å². The van der Waals surface area contributed by atoms with Crippen molar-refractivity contribution in [3.63, 3.8) is 0 Å². The molecule has 3 aromatic rings. The number of hydrogen-bond acceptors (Lipinski definition) is 6. The van der Waals surface area contributed by atoms with Gasteiger partial charge in [0.15, 0.2) is 0 Å². The molecule has 0 aliphatic carbocycles. The maximum absolute atomic E-state index is 12.0. The predicted molar refractivity (Wildman–Crippen MR) is 100 cm³/mol. The number of nitrogens with zero attached hydrogens (tertiary/aromatic N) is 4. The van der Waals surface area contributed by atoms with Gasteiger partial charge in [0.05, 0.1) is 0 Å². The number of carbonyl (C=O) groups is 1. The summed E-state index contributed by atoms with van der Waals surface area (Å²) < 4.78 is 7.38. The highest BCUT2D eigenvalue weighted by molar-refractivity contribution is 7.99. The SMILES string of the molecule is Cc1cccc(Oc2ccc(NC(=O)CCSc3nnnn3C)cc2)c1. The summed E-state index contributed by atoms with van der Waals surface area (Å²) in [6.45, 7) is 2.02. The highest BCUT2D eigenvalue weighted by Gasteiger charge is 2.07. The van der Waals surface area contributed by atoms with Gasteiger partial charge >= 0.3 is 0 Å². The Morgan fingerprint density at radius 2 is 2.00 bits per heavy atom. The Kier molecular flexibility index (Phi) is 5.85. The Morgan fingerprint density at radius 1 is 1.19 bits per heavy atom. The third-order valence-electron chi connectivity index (χ3n) is 3.50. The molecule has 0 fully saturated rings. The van der Waals surface area contributed by atoms with Crippen LogP contribution >= 0.6 is 11.8 Å². The van der Waals surface area contributed by atoms with E-state index >= 15 is 0 Å². The Labute approximate surface area is 155 Å². The van der Waals surface area contributed by atoms with E-state index in [0.29, 0.717) is 17.3 Å². The van der Waals surface area contributed by atoms with Gasteiger partial charge in [-0.1, -0.05) is 23.9 Å². The van der Waals surface area contributed by atoms with Gasteiger partial charge in [0.2, 0.25) is 11.1 Å². The number of aryl methyl sites for hydroxylation is 2. The quantitative estimate of drug-likeness (QED) is 0.643. The first-order chi connectivity index (χ1) is 12.6. The average Bonchev–Trinajstić information content (AvgIpc) is 3.02. The van der Waals surface area contributed by atoms with Crippen molar-refractivity contribution in [1.29, 1.82) is 0 Å². The molecule has 134 valence electrons. The molecule has 26 heavy (non-hydrogen) atoms. The molecule has 0 aliphatic heterocycles. The van der Waals surface area contributed by atoms with Crippen LogP contribution in [0.1, 0.15) is 12.0 Å². The topological polar surface area (TPSA) is 81.9 Å². The van der Waals surface area contributed by atoms with Gasteiger partial charge in [-0.05, 0) is 59.3 Å². The van der Waals surface area contributed by atoms with Crippen molar-refractivity contribution in [1.82, 2.24) is 20.2 Å². The van der Waals surface area contributed by atoms with Crippen LogP contribution in [0, 0.1) is 6.92 Å². The summed E-state index contributed by atoms with van der Waals surface area (Å²) in [5.41, 5.74) is 1.87. The smallest absolute Gasteiger partial charge is 0.225 e. The molecule has 3 rings (SSSR count). The standard InChI is InChI=1S/C18H19N5O2S/c1-13-4-3-5-16(12-13)25-15-8-6-14(7-9-15)19-17(24)10-11-26-18-20-21-22-23(18)2/h3-9,12H,10-11H2,1-2H3,(H,19,24). The van der Waals surface area contributed by atoms with E-state index in [2.05, 4.69) is 20.8 Å². The fourth-order valence-electron chi connectivity index (χ4n) is 2.22. The fourth-order valence-corrected chi connectivity index (χ4v) is 3.01. The van der Waals surface area contributed by atoms with Crippen LogP contribution in [0.3, 0.4) is 0 Å². The zero-order chi connectivity index (χ0) is 18.4. The minimum Gasteiger partial charge on any atom is -0.457 e. The van der Waals surface area contributed by atoms with E-state index < -0.39 is 0 Å². The Bertz CT molecular complexity index is 879. The lowest BCUT2D eigenvalue weighted by molar-refractivity contribution is -0.115. The normalized spacial score (nSPS) is 10.5. The number of tetrazole rings is 1. The van der Waals surface area contributed by atoms with Crippen molar-refractivity contribution >= 4 is 23.4 Å². The molecule has 0 radical (unpaired) electrons. The van der Waals surface area contributed by atoms with Gasteiger partial charge in [-0.15, -0.1) is 5.10 Å². The van der Waals surface area contributed by atoms with E-state index in [0.717, 1.165) is 22.7 Å². The monoisotopic (exact) mass is 369 g/mol. The van der Waals surface area contributed by atoms with E-state index in [1.54, 1.807) is 11.7 Å². The van der Waals surface area contributed by atoms with E-state index in [1.807, 2.05) is 55.5 Å². The summed E-state index contributed by atoms with van der Waals surface area (Å²) in [5, 5.41) is 14.7. The number of benzene rings is 2. The van der Waals surface area contributed by atoms with Crippen LogP contribution in [0.5, 0.6) is 11.5 Å². The van der Waals surface area contributed by atoms with E-state index in [1.165, 1.54) is 11.8 Å². The first-order valence-electron chi connectivity index (χ1n) is 8.10. The number of nitrogens with one attached hydrogen (secondary N) is 1. The molecule has 0 bridgehead atoms. The molecule has 1 aromatic heterocycles. The van der Waals surface area contributed by atoms with Gasteiger partial charge in [0, 0.05) is 24.9 Å². The molecule has 0 spiro atoms. The highest BCUT2D eigenvalue weighted by atomic mass is 32.2. The van der Waals surface area contributed by atoms with Crippen molar-refractivity contribution in [3.8, 4) is 11.5 Å². The van der Waals surface area contributed by atoms with Crippen molar-refractivity contribution in [2.75, 3.05) is 11.1 Å². The molecular formula is C18H19N5O2S. The van der Waals surface area contributed by atoms with E-state index in [-0.39, 0.29) is 5.91 Å². The highest BCUT2D eigenvalue weighted by Crippen LogP contribution is 2.24. The molecular weight excluding hydrogens is 350 g/mol. The van der Waals surface area contributed by atoms with Crippen molar-refractivity contribution in [2.45, 2.75) is 18.5 Å². The zero-order valence-electron chi connectivity index (χ0n) is 14.5. The maximum Gasteiger partial charge on any atom is 0.225 e. The number of anilines is 1. The van der Waals surface area contributed by atoms with Crippen LogP contribution in [0.15, 0.2) is 53.7 Å². The third kappa shape index (κ3) is 5.06. The lowest BCUT2D eigenvalue weighted by Gasteiger charge is -2.08. The zero-order valence-corrected chi connectivity index (χ0v) is 15.4. The van der Waals surface area contributed by atoms with Gasteiger partial charge in [-0.3, -0.25) is 4.79 Å². The van der Waals surface area contributed by atoms with Crippen LogP contribution in [0.4, 0.5) is 5.69 Å². The minimum absolute atomic E-state index is 0.0556. The molecule has 8 heteroatoms. The van der Waals surface area contributed by atoms with Crippen LogP contribution in [0.25, 0.3) is 0 Å². The molecule has 2 aromatic carbocycles. The maximum atomic E-state index is 12.0. The summed E-state index contributed by atoms with van der Waals surface area (Å²) in [5.74, 6) is 2.06. The van der Waals surface area contributed by atoms with Gasteiger partial charge in [0.1, 0.15) is 11.5 Å². The summed E-state index contributed by atoms with van der Waals surface area (Å²) in [6, 6.07) is 15.2. The second-order valence-corrected chi connectivity index (χ2v) is 6.74. The van der Waals surface area contributed by atoms with Crippen LogP contribution in [-0.4, -0.2) is 31.9 Å². The first-order valence-corrected chi connectivity index (χ1v) is 9.08. The predicted octanol–water partition coefficient (Wildman–Crippen LogP) is 3.43. The third-order valence-corrected chi connectivity index (χ3v) is 4.52. The lowest BCUT2D eigenvalue weighted by atomic mass is 10.2. The molecule has 0 unspecified atom stereocenters. The summed E-state index contributed by atoms with van der Waals surface area (Å²) in [7, 11) is 1.77. The van der Waals surface area contributed by atoms with Gasteiger partial charge in [-0.2, -0.15) is 0 Å². The summed E-state index contributed by atoms with van der Waals surface area (Å²) >= 11 is 1.44. The minimum atomic E-state index is -0.0556. The molecule has 0 atom stereocenters. The number of hydrogen-bond donors (Lipinski definition) is 1. The summed E-state index contributed by atoms with van der Waals surface area (Å²) in [6.07, 6.45) is 0.374. The second kappa shape index (κ2) is 8.48. The molecule has 1 heterocycles. The Morgan fingerprint density at radius 3 is 2.69 bits per heavy atom. The van der Waals surface area contributed by atoms with Crippen LogP contribution in [0.2, 0.25) is 0 Å². The fraction of sp³-hybridized carbons (Fsp3) is 0.222. The van der Waals surface area contributed by atoms with E-state index in [4.69, 9.17) is 4.74 Å². The number of amides is 1. The van der Waals surface area contributed by atoms with Crippen LogP contribution in [-0.2, 0) is 11.8 Å². The lowest BCUT2D eigenvalue weighted by Crippen LogP contribution is -2.12. The number of thioether (sulfide) groups is 1. The number of carbonyl (C=O) groups excluding carboxylic acids is 1. The second-order valence-electron chi connectivity index (χ2n) is 5.67. The molecule has 1 amide bonds. The van der Waals surface area contributed by atoms with Gasteiger partial charge in [-0.25, -0.2) is 4.68 Å². The molecule has 0 saturated carbocycles. The average molecular weight is 369 g/mol. The van der Waals surface area contributed by atoms with Crippen molar-refractivity contribution < 1.29 is 9.53 Å². The number of ether oxygens (including phenoxy) is 1. The molecule has 0 saturated heterocycles. The van der Waals surface area contributed by atoms with Crippen LogP contribution < -0.4 is 10.1 Å². The molecule has 0 aliphatic rings. The summed E-state index contributed by atoms with van der Waals surface area (Å²) in [4.78, 5) is 12.0.